The first-order chi connectivity index (χ1) is 14.6. The zero-order valence-corrected chi connectivity index (χ0v) is 16.1. The number of hydrogen-bond acceptors (Lipinski definition) is 7. The van der Waals surface area contributed by atoms with Gasteiger partial charge in [0.15, 0.2) is 0 Å². The van der Waals surface area contributed by atoms with Gasteiger partial charge >= 0.3 is 12.1 Å². The maximum atomic E-state index is 12.8. The molecular formula is C19H11ClF3N3O5. The number of carbonyl (C=O) groups is 1. The van der Waals surface area contributed by atoms with Gasteiger partial charge in [-0.25, -0.2) is 4.79 Å². The number of benzene rings is 2. The molecule has 0 saturated carbocycles. The Bertz CT molecular complexity index is 1130. The van der Waals surface area contributed by atoms with Crippen LogP contribution < -0.4 is 4.74 Å². The van der Waals surface area contributed by atoms with Crippen LogP contribution in [0, 0.1) is 10.1 Å². The maximum absolute atomic E-state index is 12.8. The van der Waals surface area contributed by atoms with Gasteiger partial charge in [-0.2, -0.15) is 13.2 Å². The SMILES string of the molecule is O=C(OCc1cnccn1)c1cc(Oc2ccc(C(F)(F)F)cc2Cl)ccc1[N+](=O)[O-]. The fraction of sp³-hybridized carbons (Fsp3) is 0.105. The van der Waals surface area contributed by atoms with Crippen LogP contribution in [-0.2, 0) is 17.5 Å². The van der Waals surface area contributed by atoms with E-state index in [-0.39, 0.29) is 23.1 Å². The summed E-state index contributed by atoms with van der Waals surface area (Å²) in [5.74, 6) is -1.23. The fourth-order valence-electron chi connectivity index (χ4n) is 2.41. The molecule has 0 fully saturated rings. The second kappa shape index (κ2) is 8.96. The van der Waals surface area contributed by atoms with Crippen LogP contribution in [0.25, 0.3) is 0 Å². The minimum atomic E-state index is -4.59. The summed E-state index contributed by atoms with van der Waals surface area (Å²) in [7, 11) is 0. The Balaban J connectivity index is 1.84. The lowest BCUT2D eigenvalue weighted by molar-refractivity contribution is -0.385. The van der Waals surface area contributed by atoms with E-state index in [1.165, 1.54) is 24.7 Å². The molecule has 0 N–H and O–H groups in total. The molecule has 160 valence electrons. The summed E-state index contributed by atoms with van der Waals surface area (Å²) < 4.78 is 48.7. The van der Waals surface area contributed by atoms with Gasteiger partial charge in [0, 0.05) is 24.5 Å². The van der Waals surface area contributed by atoms with E-state index >= 15 is 0 Å². The minimum Gasteiger partial charge on any atom is -0.456 e. The molecule has 0 atom stereocenters. The number of nitrogens with zero attached hydrogens (tertiary/aromatic N) is 3. The number of hydrogen-bond donors (Lipinski definition) is 0. The standard InChI is InChI=1S/C19H11ClF3N3O5/c20-15-7-11(19(21,22)23)1-4-17(15)31-13-2-3-16(26(28)29)14(8-13)18(27)30-10-12-9-24-5-6-25-12/h1-9H,10H2. The van der Waals surface area contributed by atoms with E-state index in [2.05, 4.69) is 9.97 Å². The van der Waals surface area contributed by atoms with Crippen LogP contribution in [0.15, 0.2) is 55.0 Å². The third-order valence-corrected chi connectivity index (χ3v) is 4.13. The van der Waals surface area contributed by atoms with E-state index in [1.54, 1.807) is 0 Å². The Morgan fingerprint density at radius 1 is 1.16 bits per heavy atom. The highest BCUT2D eigenvalue weighted by molar-refractivity contribution is 6.32. The third kappa shape index (κ3) is 5.45. The number of ether oxygens (including phenoxy) is 2. The molecule has 12 heteroatoms. The van der Waals surface area contributed by atoms with Crippen LogP contribution in [0.4, 0.5) is 18.9 Å². The molecular weight excluding hydrogens is 443 g/mol. The van der Waals surface area contributed by atoms with Crippen molar-refractivity contribution in [3.05, 3.63) is 86.9 Å². The molecule has 0 bridgehead atoms. The van der Waals surface area contributed by atoms with Gasteiger partial charge in [-0.05, 0) is 24.3 Å². The lowest BCUT2D eigenvalue weighted by Crippen LogP contribution is -2.09. The van der Waals surface area contributed by atoms with Crippen LogP contribution in [-0.4, -0.2) is 20.9 Å². The van der Waals surface area contributed by atoms with Crippen molar-refractivity contribution in [1.29, 1.82) is 0 Å². The molecule has 0 radical (unpaired) electrons. The number of esters is 1. The summed E-state index contributed by atoms with van der Waals surface area (Å²) in [5, 5.41) is 10.9. The van der Waals surface area contributed by atoms with Crippen LogP contribution in [0.5, 0.6) is 11.5 Å². The van der Waals surface area contributed by atoms with E-state index in [0.29, 0.717) is 11.8 Å². The van der Waals surface area contributed by atoms with Crippen molar-refractivity contribution in [2.45, 2.75) is 12.8 Å². The van der Waals surface area contributed by atoms with Gasteiger partial charge < -0.3 is 9.47 Å². The Morgan fingerprint density at radius 2 is 1.94 bits per heavy atom. The maximum Gasteiger partial charge on any atom is 0.416 e. The Hall–Kier alpha value is -3.73. The number of rotatable bonds is 6. The molecule has 2 aromatic carbocycles. The number of carbonyl (C=O) groups excluding carboxylic acids is 1. The number of aromatic nitrogens is 2. The fourth-order valence-corrected chi connectivity index (χ4v) is 2.63. The second-order valence-electron chi connectivity index (χ2n) is 5.95. The average Bonchev–Trinajstić information content (AvgIpc) is 2.73. The highest BCUT2D eigenvalue weighted by atomic mass is 35.5. The van der Waals surface area contributed by atoms with E-state index < -0.39 is 33.9 Å². The largest absolute Gasteiger partial charge is 0.456 e. The number of alkyl halides is 3. The van der Waals surface area contributed by atoms with Crippen molar-refractivity contribution >= 4 is 23.3 Å². The van der Waals surface area contributed by atoms with Crippen molar-refractivity contribution in [1.82, 2.24) is 9.97 Å². The first kappa shape index (κ1) is 22.0. The van der Waals surface area contributed by atoms with Gasteiger partial charge in [0.2, 0.25) is 0 Å². The van der Waals surface area contributed by atoms with E-state index in [4.69, 9.17) is 21.1 Å². The molecule has 3 aromatic rings. The predicted molar refractivity (Wildman–Crippen MR) is 101 cm³/mol. The van der Waals surface area contributed by atoms with Crippen LogP contribution in [0.2, 0.25) is 5.02 Å². The molecule has 0 aliphatic heterocycles. The zero-order valence-electron chi connectivity index (χ0n) is 15.3. The van der Waals surface area contributed by atoms with Crippen LogP contribution in [0.1, 0.15) is 21.6 Å². The van der Waals surface area contributed by atoms with Crippen LogP contribution in [0.3, 0.4) is 0 Å². The van der Waals surface area contributed by atoms with E-state index in [0.717, 1.165) is 24.3 Å². The zero-order chi connectivity index (χ0) is 22.6. The Kier molecular flexibility index (Phi) is 6.35. The second-order valence-corrected chi connectivity index (χ2v) is 6.36. The molecule has 1 aromatic heterocycles. The molecule has 0 aliphatic rings. The topological polar surface area (TPSA) is 104 Å². The lowest BCUT2D eigenvalue weighted by atomic mass is 10.1. The van der Waals surface area contributed by atoms with Crippen molar-refractivity contribution < 1.29 is 32.4 Å². The summed E-state index contributed by atoms with van der Waals surface area (Å²) >= 11 is 5.85. The van der Waals surface area contributed by atoms with Gasteiger partial charge in [-0.1, -0.05) is 11.6 Å². The summed E-state index contributed by atoms with van der Waals surface area (Å²) in [6.07, 6.45) is -0.430. The van der Waals surface area contributed by atoms with E-state index in [9.17, 15) is 28.1 Å². The number of nitro groups is 1. The highest BCUT2D eigenvalue weighted by Gasteiger charge is 2.31. The molecule has 1 heterocycles. The normalized spacial score (nSPS) is 11.1. The van der Waals surface area contributed by atoms with Gasteiger partial charge in [-0.3, -0.25) is 20.1 Å². The Labute approximate surface area is 177 Å². The van der Waals surface area contributed by atoms with Crippen molar-refractivity contribution in [3.63, 3.8) is 0 Å². The molecule has 0 spiro atoms. The van der Waals surface area contributed by atoms with Gasteiger partial charge in [0.25, 0.3) is 5.69 Å². The number of nitro benzene ring substituents is 1. The summed E-state index contributed by atoms with van der Waals surface area (Å²) in [5.41, 5.74) is -1.62. The predicted octanol–water partition coefficient (Wildman–Crippen LogP) is 5.21. The third-order valence-electron chi connectivity index (χ3n) is 3.84. The molecule has 8 nitrogen and oxygen atoms in total. The smallest absolute Gasteiger partial charge is 0.416 e. The van der Waals surface area contributed by atoms with Crippen molar-refractivity contribution in [2.75, 3.05) is 0 Å². The lowest BCUT2D eigenvalue weighted by Gasteiger charge is -2.12. The molecule has 0 unspecified atom stereocenters. The molecule has 0 saturated heterocycles. The summed E-state index contributed by atoms with van der Waals surface area (Å²) in [6, 6.07) is 5.66. The van der Waals surface area contributed by atoms with Gasteiger partial charge in [0.05, 0.1) is 27.4 Å². The van der Waals surface area contributed by atoms with Crippen LogP contribution >= 0.6 is 11.6 Å². The summed E-state index contributed by atoms with van der Waals surface area (Å²) in [6.45, 7) is -0.278. The molecule has 0 aliphatic carbocycles. The minimum absolute atomic E-state index is 0.0706. The van der Waals surface area contributed by atoms with Gasteiger partial charge in [-0.15, -0.1) is 0 Å². The Morgan fingerprint density at radius 3 is 2.55 bits per heavy atom. The first-order valence-corrected chi connectivity index (χ1v) is 8.78. The molecule has 0 amide bonds. The quantitative estimate of drug-likeness (QED) is 0.287. The monoisotopic (exact) mass is 453 g/mol. The molecule has 31 heavy (non-hydrogen) atoms. The van der Waals surface area contributed by atoms with Crippen molar-refractivity contribution in [2.24, 2.45) is 0 Å². The summed E-state index contributed by atoms with van der Waals surface area (Å²) in [4.78, 5) is 30.6. The first-order valence-electron chi connectivity index (χ1n) is 8.40. The van der Waals surface area contributed by atoms with Crippen molar-refractivity contribution in [3.8, 4) is 11.5 Å². The highest BCUT2D eigenvalue weighted by Crippen LogP contribution is 2.37. The van der Waals surface area contributed by atoms with Gasteiger partial charge in [0.1, 0.15) is 23.7 Å². The average molecular weight is 454 g/mol. The van der Waals surface area contributed by atoms with E-state index in [1.807, 2.05) is 0 Å². The number of halogens is 4. The molecule has 3 rings (SSSR count).